The van der Waals surface area contributed by atoms with Gasteiger partial charge in [0.1, 0.15) is 0 Å². The molecule has 0 spiro atoms. The third-order valence-corrected chi connectivity index (χ3v) is 0. The zero-order valence-electron chi connectivity index (χ0n) is 1.95. The molecule has 0 heterocycles. The van der Waals surface area contributed by atoms with Crippen LogP contribution in [-0.2, 0) is 29.2 Å². The van der Waals surface area contributed by atoms with Gasteiger partial charge in [-0.25, -0.2) is 0 Å². The third-order valence-electron chi connectivity index (χ3n) is 0. The van der Waals surface area contributed by atoms with Gasteiger partial charge >= 0.3 is 29.2 Å². The van der Waals surface area contributed by atoms with E-state index in [-0.39, 0.29) is 0 Å². The molecule has 0 saturated heterocycles. The predicted octanol–water partition coefficient (Wildman–Crippen LogP) is -0.478. The van der Waals surface area contributed by atoms with Crippen molar-refractivity contribution in [2.24, 2.45) is 0 Å². The number of hydrogen-bond acceptors (Lipinski definition) is 4. The minimum absolute atomic E-state index is 5.70. The van der Waals surface area contributed by atoms with Crippen LogP contribution in [0.4, 0.5) is 0 Å². The Morgan fingerprint density at radius 1 is 0.800 bits per heavy atom. The predicted molar refractivity (Wildman–Crippen MR) is 2.75 cm³/mol. The summed E-state index contributed by atoms with van der Waals surface area (Å²) in [4.78, 5) is 0. The van der Waals surface area contributed by atoms with Crippen LogP contribution in [0.3, 0.4) is 0 Å². The molecule has 0 amide bonds. The number of hydrogen-bond donors (Lipinski definition) is 0. The second kappa shape index (κ2) is 0.921. The van der Waals surface area contributed by atoms with Crippen molar-refractivity contribution >= 4 is 0 Å². The fourth-order valence-corrected chi connectivity index (χ4v) is 0. The third kappa shape index (κ3) is 707. The van der Waals surface area contributed by atoms with Gasteiger partial charge in [-0.15, -0.1) is 0 Å². The molecule has 0 unspecified atom stereocenters. The molecule has 0 aromatic rings. The summed E-state index contributed by atoms with van der Waals surface area (Å²) in [6.07, 6.45) is 0. The van der Waals surface area contributed by atoms with Crippen molar-refractivity contribution in [3.05, 3.63) is 0 Å². The van der Waals surface area contributed by atoms with E-state index >= 15 is 0 Å². The molecule has 0 rings (SSSR count). The van der Waals surface area contributed by atoms with Crippen LogP contribution >= 0.6 is 0 Å². The van der Waals surface area contributed by atoms with Crippen LogP contribution in [-0.4, -0.2) is 0 Å². The first kappa shape index (κ1) is 4.86. The normalized spacial score (nSPS) is 14.4. The van der Waals surface area contributed by atoms with Crippen molar-refractivity contribution in [1.82, 2.24) is 0 Å². The van der Waals surface area contributed by atoms with Crippen molar-refractivity contribution in [3.8, 4) is 0 Å². The van der Waals surface area contributed by atoms with Crippen molar-refractivity contribution in [2.75, 3.05) is 0 Å². The maximum atomic E-state index is 8.59. The first-order valence-corrected chi connectivity index (χ1v) is 3.06. The van der Waals surface area contributed by atoms with Crippen LogP contribution < -0.4 is 0 Å². The standard InChI is InChI=1S/4O.Pd. The summed E-state index contributed by atoms with van der Waals surface area (Å²) < 4.78 is 34.4. The molecule has 0 radical (unpaired) electrons. The quantitative estimate of drug-likeness (QED) is 0.461. The summed E-state index contributed by atoms with van der Waals surface area (Å²) >= 11 is -5.70. The summed E-state index contributed by atoms with van der Waals surface area (Å²) in [5.74, 6) is 0. The Labute approximate surface area is 30.0 Å². The van der Waals surface area contributed by atoms with Crippen molar-refractivity contribution in [3.63, 3.8) is 0 Å². The average molecular weight is 170 g/mol. The molecule has 5 heavy (non-hydrogen) atoms. The average Bonchev–Trinajstić information content (AvgIpc) is 0.722. The molecule has 0 aliphatic rings. The fraction of sp³-hybridized carbons (Fsp3) is 0. The van der Waals surface area contributed by atoms with Crippen LogP contribution in [0.5, 0.6) is 0 Å². The zero-order chi connectivity index (χ0) is 4.50. The number of rotatable bonds is 0. The molecular weight excluding hydrogens is 170 g/mol. The molecule has 0 aromatic carbocycles. The van der Waals surface area contributed by atoms with E-state index in [1.165, 1.54) is 0 Å². The molecule has 4 nitrogen and oxygen atoms in total. The molecule has 0 saturated carbocycles. The molecule has 0 fully saturated rings. The Morgan fingerprint density at radius 3 is 0.800 bits per heavy atom. The molecule has 0 aliphatic carbocycles. The Bertz CT molecular complexity index is 155. The summed E-state index contributed by atoms with van der Waals surface area (Å²) in [5.41, 5.74) is 0. The first-order valence-electron chi connectivity index (χ1n) is 0.516. The van der Waals surface area contributed by atoms with Crippen molar-refractivity contribution in [1.29, 1.82) is 0 Å². The van der Waals surface area contributed by atoms with Gasteiger partial charge < -0.3 is 0 Å². The summed E-state index contributed by atoms with van der Waals surface area (Å²) in [7, 11) is 0. The molecule has 0 aliphatic heterocycles. The second-order valence-electron chi connectivity index (χ2n) is 0.316. The van der Waals surface area contributed by atoms with Gasteiger partial charge in [0.25, 0.3) is 0 Å². The van der Waals surface area contributed by atoms with Gasteiger partial charge in [0, 0.05) is 0 Å². The van der Waals surface area contributed by atoms with E-state index < -0.39 is 15.4 Å². The van der Waals surface area contributed by atoms with E-state index in [2.05, 4.69) is 0 Å². The van der Waals surface area contributed by atoms with Gasteiger partial charge in [-0.1, -0.05) is 0 Å². The Balaban J connectivity index is 6.05. The summed E-state index contributed by atoms with van der Waals surface area (Å²) in [6.45, 7) is 0. The molecule has 5 heteroatoms. The molecule has 0 atom stereocenters. The molecule has 34 valence electrons. The van der Waals surface area contributed by atoms with E-state index in [0.717, 1.165) is 0 Å². The Hall–Kier alpha value is -0.138. The second-order valence-corrected chi connectivity index (χ2v) is 1.87. The Kier molecular flexibility index (Phi) is 0.895. The van der Waals surface area contributed by atoms with Gasteiger partial charge in [0.2, 0.25) is 0 Å². The summed E-state index contributed by atoms with van der Waals surface area (Å²) in [6, 6.07) is 0. The van der Waals surface area contributed by atoms with Crippen LogP contribution in [0.15, 0.2) is 0 Å². The fourth-order valence-electron chi connectivity index (χ4n) is 0. The van der Waals surface area contributed by atoms with E-state index in [1.807, 2.05) is 0 Å². The Morgan fingerprint density at radius 2 is 0.800 bits per heavy atom. The molecule has 0 aromatic heterocycles. The van der Waals surface area contributed by atoms with Gasteiger partial charge in [-0.3, -0.25) is 0 Å². The SMILES string of the molecule is [O]=[Pd](=[O])(=[O])=[O]. The van der Waals surface area contributed by atoms with E-state index in [4.69, 9.17) is 13.9 Å². The topological polar surface area (TPSA) is 68.3 Å². The van der Waals surface area contributed by atoms with E-state index in [1.54, 1.807) is 0 Å². The summed E-state index contributed by atoms with van der Waals surface area (Å²) in [5, 5.41) is 0. The van der Waals surface area contributed by atoms with E-state index in [0.29, 0.717) is 0 Å². The maximum absolute atomic E-state index is 8.59. The van der Waals surface area contributed by atoms with Gasteiger partial charge in [0.15, 0.2) is 0 Å². The van der Waals surface area contributed by atoms with Crippen LogP contribution in [0.25, 0.3) is 0 Å². The van der Waals surface area contributed by atoms with Crippen LogP contribution in [0.2, 0.25) is 0 Å². The molecule has 0 bridgehead atoms. The zero-order valence-corrected chi connectivity index (χ0v) is 3.50. The van der Waals surface area contributed by atoms with Crippen molar-refractivity contribution in [2.45, 2.75) is 0 Å². The monoisotopic (exact) mass is 170 g/mol. The van der Waals surface area contributed by atoms with Crippen LogP contribution in [0.1, 0.15) is 0 Å². The van der Waals surface area contributed by atoms with Gasteiger partial charge in [-0.05, 0) is 0 Å². The van der Waals surface area contributed by atoms with E-state index in [9.17, 15) is 0 Å². The van der Waals surface area contributed by atoms with Gasteiger partial charge in [-0.2, -0.15) is 0 Å². The van der Waals surface area contributed by atoms with Crippen molar-refractivity contribution < 1.29 is 29.2 Å². The molecular formula is O4Pd. The van der Waals surface area contributed by atoms with Crippen LogP contribution in [0, 0.1) is 0 Å². The molecule has 0 N–H and O–H groups in total. The minimum atomic E-state index is -5.70. The van der Waals surface area contributed by atoms with Gasteiger partial charge in [0.05, 0.1) is 0 Å². The first-order chi connectivity index (χ1) is 2.00.